The number of aromatic nitrogens is 2. The highest BCUT2D eigenvalue weighted by atomic mass is 16.5. The van der Waals surface area contributed by atoms with Crippen molar-refractivity contribution in [3.05, 3.63) is 41.6 Å². The van der Waals surface area contributed by atoms with Gasteiger partial charge in [-0.2, -0.15) is 5.10 Å². The fraction of sp³-hybridized carbons (Fsp3) is 0.375. The molecule has 21 heavy (non-hydrogen) atoms. The van der Waals surface area contributed by atoms with Crippen LogP contribution in [0.2, 0.25) is 0 Å². The van der Waals surface area contributed by atoms with Gasteiger partial charge >= 0.3 is 0 Å². The van der Waals surface area contributed by atoms with Crippen LogP contribution >= 0.6 is 0 Å². The zero-order valence-corrected chi connectivity index (χ0v) is 12.5. The minimum atomic E-state index is -0.0459. The Labute approximate surface area is 124 Å². The number of anilines is 1. The van der Waals surface area contributed by atoms with E-state index in [1.165, 1.54) is 0 Å². The van der Waals surface area contributed by atoms with E-state index >= 15 is 0 Å². The Morgan fingerprint density at radius 1 is 1.33 bits per heavy atom. The predicted octanol–water partition coefficient (Wildman–Crippen LogP) is 2.94. The molecule has 2 aromatic rings. The summed E-state index contributed by atoms with van der Waals surface area (Å²) in [6.45, 7) is 2.10. The summed E-state index contributed by atoms with van der Waals surface area (Å²) >= 11 is 0. The molecule has 0 bridgehead atoms. The van der Waals surface area contributed by atoms with Crippen LogP contribution in [0.1, 0.15) is 31.0 Å². The molecule has 0 saturated heterocycles. The highest BCUT2D eigenvalue weighted by Gasteiger charge is 2.08. The molecular weight excluding hydrogens is 266 g/mol. The number of para-hydroxylation sites is 1. The minimum absolute atomic E-state index is 0.0459. The van der Waals surface area contributed by atoms with Crippen molar-refractivity contribution in [2.24, 2.45) is 0 Å². The first-order chi connectivity index (χ1) is 10.2. The van der Waals surface area contributed by atoms with Crippen LogP contribution in [0.15, 0.2) is 30.3 Å². The second-order valence-electron chi connectivity index (χ2n) is 4.89. The first kappa shape index (κ1) is 15.1. The zero-order valence-electron chi connectivity index (χ0n) is 12.5. The maximum atomic E-state index is 11.9. The smallest absolute Gasteiger partial charge is 0.225 e. The van der Waals surface area contributed by atoms with Crippen molar-refractivity contribution in [1.82, 2.24) is 10.2 Å². The number of nitrogens with one attached hydrogen (secondary N) is 2. The number of ether oxygens (including phenoxy) is 1. The average Bonchev–Trinajstić information content (AvgIpc) is 2.93. The summed E-state index contributed by atoms with van der Waals surface area (Å²) in [6, 6.07) is 9.62. The Morgan fingerprint density at radius 2 is 2.14 bits per heavy atom. The Kier molecular flexibility index (Phi) is 5.37. The number of aromatic amines is 1. The highest BCUT2D eigenvalue weighted by Crippen LogP contribution is 2.19. The predicted molar refractivity (Wildman–Crippen MR) is 82.5 cm³/mol. The monoisotopic (exact) mass is 287 g/mol. The van der Waals surface area contributed by atoms with Crippen molar-refractivity contribution < 1.29 is 9.53 Å². The Morgan fingerprint density at radius 3 is 2.90 bits per heavy atom. The average molecular weight is 287 g/mol. The number of carbonyl (C=O) groups excluding carboxylic acids is 1. The van der Waals surface area contributed by atoms with Crippen LogP contribution in [0, 0.1) is 0 Å². The van der Waals surface area contributed by atoms with Gasteiger partial charge in [0.15, 0.2) is 5.82 Å². The lowest BCUT2D eigenvalue weighted by Gasteiger charge is -2.07. The largest absolute Gasteiger partial charge is 0.496 e. The summed E-state index contributed by atoms with van der Waals surface area (Å²) in [5.74, 6) is 1.36. The summed E-state index contributed by atoms with van der Waals surface area (Å²) in [7, 11) is 1.64. The van der Waals surface area contributed by atoms with Crippen LogP contribution in [0.25, 0.3) is 0 Å². The minimum Gasteiger partial charge on any atom is -0.496 e. The lowest BCUT2D eigenvalue weighted by atomic mass is 10.1. The molecule has 2 rings (SSSR count). The molecule has 1 heterocycles. The molecule has 1 aromatic carbocycles. The Bertz CT molecular complexity index is 593. The van der Waals surface area contributed by atoms with E-state index in [0.29, 0.717) is 18.7 Å². The summed E-state index contributed by atoms with van der Waals surface area (Å²) in [6.07, 6.45) is 3.02. The summed E-state index contributed by atoms with van der Waals surface area (Å²) < 4.78 is 5.28. The molecule has 5 nitrogen and oxygen atoms in total. The van der Waals surface area contributed by atoms with E-state index in [9.17, 15) is 4.79 Å². The van der Waals surface area contributed by atoms with Crippen LogP contribution in [0.4, 0.5) is 5.82 Å². The number of nitrogens with zero attached hydrogens (tertiary/aromatic N) is 1. The highest BCUT2D eigenvalue weighted by molar-refractivity contribution is 5.89. The Balaban J connectivity index is 1.86. The molecule has 1 amide bonds. The molecular formula is C16H21N3O2. The maximum Gasteiger partial charge on any atom is 0.225 e. The van der Waals surface area contributed by atoms with E-state index in [2.05, 4.69) is 22.4 Å². The number of benzene rings is 1. The Hall–Kier alpha value is -2.30. The van der Waals surface area contributed by atoms with Gasteiger partial charge in [0, 0.05) is 18.2 Å². The lowest BCUT2D eigenvalue weighted by molar-refractivity contribution is -0.116. The molecule has 112 valence electrons. The molecule has 0 aliphatic carbocycles. The molecule has 0 radical (unpaired) electrons. The molecule has 0 atom stereocenters. The number of carbonyl (C=O) groups is 1. The third kappa shape index (κ3) is 4.34. The quantitative estimate of drug-likeness (QED) is 0.822. The maximum absolute atomic E-state index is 11.9. The van der Waals surface area contributed by atoms with Crippen LogP contribution in [0.5, 0.6) is 5.75 Å². The van der Waals surface area contributed by atoms with Crippen molar-refractivity contribution in [2.45, 2.75) is 32.6 Å². The van der Waals surface area contributed by atoms with E-state index in [0.717, 1.165) is 29.8 Å². The SMILES string of the molecule is CCCc1cc(NC(=O)CCc2ccccc2OC)n[nH]1. The first-order valence-corrected chi connectivity index (χ1v) is 7.19. The van der Waals surface area contributed by atoms with Crippen LogP contribution in [-0.4, -0.2) is 23.2 Å². The van der Waals surface area contributed by atoms with E-state index in [-0.39, 0.29) is 5.91 Å². The molecule has 1 aromatic heterocycles. The van der Waals surface area contributed by atoms with E-state index in [1.54, 1.807) is 7.11 Å². The van der Waals surface area contributed by atoms with Crippen molar-refractivity contribution in [3.63, 3.8) is 0 Å². The molecule has 0 saturated carbocycles. The molecule has 0 aliphatic heterocycles. The topological polar surface area (TPSA) is 67.0 Å². The zero-order chi connectivity index (χ0) is 15.1. The number of H-pyrrole nitrogens is 1. The van der Waals surface area contributed by atoms with E-state index in [1.807, 2.05) is 30.3 Å². The fourth-order valence-corrected chi connectivity index (χ4v) is 2.19. The fourth-order valence-electron chi connectivity index (χ4n) is 2.19. The number of hydrogen-bond donors (Lipinski definition) is 2. The molecule has 5 heteroatoms. The van der Waals surface area contributed by atoms with Crippen LogP contribution in [0.3, 0.4) is 0 Å². The van der Waals surface area contributed by atoms with E-state index in [4.69, 9.17) is 4.74 Å². The molecule has 0 fully saturated rings. The standard InChI is InChI=1S/C16H21N3O2/c1-3-6-13-11-15(19-18-13)17-16(20)10-9-12-7-4-5-8-14(12)21-2/h4-5,7-8,11H,3,6,9-10H2,1-2H3,(H2,17,18,19,20). The second kappa shape index (κ2) is 7.47. The van der Waals surface area contributed by atoms with E-state index < -0.39 is 0 Å². The van der Waals surface area contributed by atoms with Gasteiger partial charge in [0.05, 0.1) is 7.11 Å². The van der Waals surface area contributed by atoms with Gasteiger partial charge in [-0.3, -0.25) is 9.89 Å². The van der Waals surface area contributed by atoms with Crippen molar-refractivity contribution in [1.29, 1.82) is 0 Å². The number of aryl methyl sites for hydroxylation is 2. The third-order valence-electron chi connectivity index (χ3n) is 3.23. The van der Waals surface area contributed by atoms with Crippen molar-refractivity contribution in [2.75, 3.05) is 12.4 Å². The van der Waals surface area contributed by atoms with Crippen molar-refractivity contribution in [3.8, 4) is 5.75 Å². The first-order valence-electron chi connectivity index (χ1n) is 7.19. The van der Waals surface area contributed by atoms with Crippen LogP contribution in [-0.2, 0) is 17.6 Å². The lowest BCUT2D eigenvalue weighted by Crippen LogP contribution is -2.12. The summed E-state index contributed by atoms with van der Waals surface area (Å²) in [5, 5.41) is 9.81. The summed E-state index contributed by atoms with van der Waals surface area (Å²) in [4.78, 5) is 11.9. The van der Waals surface area contributed by atoms with Gasteiger partial charge in [0.1, 0.15) is 5.75 Å². The van der Waals surface area contributed by atoms with Gasteiger partial charge in [-0.05, 0) is 24.5 Å². The second-order valence-corrected chi connectivity index (χ2v) is 4.89. The molecule has 0 unspecified atom stereocenters. The molecule has 0 spiro atoms. The number of amides is 1. The summed E-state index contributed by atoms with van der Waals surface area (Å²) in [5.41, 5.74) is 2.07. The van der Waals surface area contributed by atoms with Gasteiger partial charge in [0.25, 0.3) is 0 Å². The molecule has 0 aliphatic rings. The van der Waals surface area contributed by atoms with Gasteiger partial charge < -0.3 is 10.1 Å². The number of methoxy groups -OCH3 is 1. The normalized spacial score (nSPS) is 10.4. The number of hydrogen-bond acceptors (Lipinski definition) is 3. The van der Waals surface area contributed by atoms with Crippen molar-refractivity contribution >= 4 is 11.7 Å². The van der Waals surface area contributed by atoms with Gasteiger partial charge in [-0.25, -0.2) is 0 Å². The van der Waals surface area contributed by atoms with Gasteiger partial charge in [-0.15, -0.1) is 0 Å². The molecule has 2 N–H and O–H groups in total. The number of rotatable bonds is 7. The van der Waals surface area contributed by atoms with Gasteiger partial charge in [-0.1, -0.05) is 31.5 Å². The third-order valence-corrected chi connectivity index (χ3v) is 3.23. The van der Waals surface area contributed by atoms with Gasteiger partial charge in [0.2, 0.25) is 5.91 Å². The van der Waals surface area contributed by atoms with Crippen LogP contribution < -0.4 is 10.1 Å².